The Balaban J connectivity index is 1.78. The van der Waals surface area contributed by atoms with Gasteiger partial charge in [0.15, 0.2) is 0 Å². The average Bonchev–Trinajstić information content (AvgIpc) is 2.61. The molecule has 1 aromatic carbocycles. The maximum absolute atomic E-state index is 14.5. The van der Waals surface area contributed by atoms with Crippen LogP contribution in [0.2, 0.25) is 0 Å². The molecule has 0 unspecified atom stereocenters. The topological polar surface area (TPSA) is 58.8 Å². The Hall–Kier alpha value is -1.66. The van der Waals surface area contributed by atoms with Gasteiger partial charge in [-0.3, -0.25) is 4.79 Å². The molecule has 0 radical (unpaired) electrons. The summed E-state index contributed by atoms with van der Waals surface area (Å²) in [4.78, 5) is 16.6. The average molecular weight is 335 g/mol. The molecule has 2 saturated heterocycles. The highest BCUT2D eigenvalue weighted by Crippen LogP contribution is 2.26. The molecule has 2 heterocycles. The number of piperidine rings is 1. The number of hydrogen-bond acceptors (Lipinski definition) is 4. The van der Waals surface area contributed by atoms with E-state index < -0.39 is 0 Å². The molecule has 1 aromatic rings. The highest BCUT2D eigenvalue weighted by Gasteiger charge is 2.31. The lowest BCUT2D eigenvalue weighted by Gasteiger charge is -2.39. The van der Waals surface area contributed by atoms with Crippen molar-refractivity contribution in [1.29, 1.82) is 0 Å². The summed E-state index contributed by atoms with van der Waals surface area (Å²) < 4.78 is 19.8. The van der Waals surface area contributed by atoms with Crippen LogP contribution >= 0.6 is 0 Å². The molecule has 0 aromatic heterocycles. The molecule has 0 bridgehead atoms. The smallest absolute Gasteiger partial charge is 0.254 e. The van der Waals surface area contributed by atoms with E-state index in [1.807, 2.05) is 9.80 Å². The van der Waals surface area contributed by atoms with Crippen LogP contribution in [0.4, 0.5) is 10.1 Å². The van der Waals surface area contributed by atoms with Crippen LogP contribution in [0.3, 0.4) is 0 Å². The van der Waals surface area contributed by atoms with Crippen molar-refractivity contribution in [2.24, 2.45) is 11.7 Å². The summed E-state index contributed by atoms with van der Waals surface area (Å²) in [6.45, 7) is 5.80. The number of anilines is 1. The largest absolute Gasteiger partial charge is 0.378 e. The molecule has 5 nitrogen and oxygen atoms in total. The van der Waals surface area contributed by atoms with E-state index in [-0.39, 0.29) is 17.8 Å². The second-order valence-corrected chi connectivity index (χ2v) is 6.69. The first-order valence-corrected chi connectivity index (χ1v) is 8.75. The monoisotopic (exact) mass is 335 g/mol. The Labute approximate surface area is 142 Å². The van der Waals surface area contributed by atoms with Crippen molar-refractivity contribution in [3.63, 3.8) is 0 Å². The van der Waals surface area contributed by atoms with E-state index in [1.165, 1.54) is 6.07 Å². The van der Waals surface area contributed by atoms with Crippen LogP contribution in [-0.2, 0) is 4.74 Å². The summed E-state index contributed by atoms with van der Waals surface area (Å²) in [5, 5.41) is 0. The number of morpholine rings is 1. The number of ether oxygens (including phenoxy) is 1. The van der Waals surface area contributed by atoms with Crippen LogP contribution in [0.25, 0.3) is 0 Å². The third-order valence-corrected chi connectivity index (χ3v) is 5.16. The van der Waals surface area contributed by atoms with Gasteiger partial charge in [0.2, 0.25) is 0 Å². The highest BCUT2D eigenvalue weighted by molar-refractivity contribution is 5.95. The Bertz CT molecular complexity index is 590. The molecular formula is C18H26FN3O2. The number of nitrogens with two attached hydrogens (primary N) is 1. The lowest BCUT2D eigenvalue weighted by atomic mass is 9.90. The van der Waals surface area contributed by atoms with Gasteiger partial charge < -0.3 is 20.3 Å². The Morgan fingerprint density at radius 2 is 2.08 bits per heavy atom. The van der Waals surface area contributed by atoms with Crippen LogP contribution < -0.4 is 10.6 Å². The maximum atomic E-state index is 14.5. The number of halogens is 1. The lowest BCUT2D eigenvalue weighted by molar-refractivity contribution is 0.0532. The predicted molar refractivity (Wildman–Crippen MR) is 91.7 cm³/mol. The third kappa shape index (κ3) is 3.39. The van der Waals surface area contributed by atoms with Crippen molar-refractivity contribution in [2.75, 3.05) is 44.3 Å². The van der Waals surface area contributed by atoms with Crippen molar-refractivity contribution in [3.05, 3.63) is 29.6 Å². The molecule has 2 atom stereocenters. The van der Waals surface area contributed by atoms with E-state index in [9.17, 15) is 9.18 Å². The quantitative estimate of drug-likeness (QED) is 0.916. The number of rotatable bonds is 3. The molecule has 2 aliphatic heterocycles. The van der Waals surface area contributed by atoms with Gasteiger partial charge in [0.25, 0.3) is 5.91 Å². The van der Waals surface area contributed by atoms with Crippen molar-refractivity contribution in [3.8, 4) is 0 Å². The summed E-state index contributed by atoms with van der Waals surface area (Å²) in [6, 6.07) is 4.83. The molecule has 6 heteroatoms. The molecule has 0 saturated carbocycles. The molecule has 0 spiro atoms. The molecule has 2 N–H and O–H groups in total. The zero-order chi connectivity index (χ0) is 17.1. The van der Waals surface area contributed by atoms with E-state index in [2.05, 4.69) is 6.92 Å². The van der Waals surface area contributed by atoms with Crippen LogP contribution in [0.15, 0.2) is 18.2 Å². The van der Waals surface area contributed by atoms with Crippen LogP contribution in [0.1, 0.15) is 30.1 Å². The summed E-state index contributed by atoms with van der Waals surface area (Å²) in [7, 11) is 0. The minimum Gasteiger partial charge on any atom is -0.378 e. The van der Waals surface area contributed by atoms with E-state index >= 15 is 0 Å². The van der Waals surface area contributed by atoms with Gasteiger partial charge in [-0.2, -0.15) is 0 Å². The number of carbonyl (C=O) groups excluding carboxylic acids is 1. The molecule has 2 aliphatic rings. The van der Waals surface area contributed by atoms with Gasteiger partial charge in [-0.25, -0.2) is 4.39 Å². The molecule has 3 rings (SSSR count). The van der Waals surface area contributed by atoms with E-state index in [1.54, 1.807) is 12.1 Å². The number of nitrogens with zero attached hydrogens (tertiary/aromatic N) is 2. The normalized spacial score (nSPS) is 25.0. The zero-order valence-electron chi connectivity index (χ0n) is 14.2. The van der Waals surface area contributed by atoms with Gasteiger partial charge in [-0.1, -0.05) is 6.92 Å². The predicted octanol–water partition coefficient (Wildman–Crippen LogP) is 1.86. The number of hydrogen-bond donors (Lipinski definition) is 1. The fourth-order valence-corrected chi connectivity index (χ4v) is 3.73. The first-order chi connectivity index (χ1) is 11.6. The standard InChI is InChI=1S/C18H26FN3O2/c1-13-3-2-6-22(17(13)12-20)18(23)14-4-5-16(15(19)11-14)21-7-9-24-10-8-21/h4-5,11,13,17H,2-3,6-10,12,20H2,1H3/t13-,17-/m0/s1. The summed E-state index contributed by atoms with van der Waals surface area (Å²) >= 11 is 0. The van der Waals surface area contributed by atoms with Crippen molar-refractivity contribution in [1.82, 2.24) is 4.90 Å². The lowest BCUT2D eigenvalue weighted by Crippen LogP contribution is -2.51. The molecule has 24 heavy (non-hydrogen) atoms. The van der Waals surface area contributed by atoms with Gasteiger partial charge in [0, 0.05) is 37.8 Å². The summed E-state index contributed by atoms with van der Waals surface area (Å²) in [5.74, 6) is -0.0910. The third-order valence-electron chi connectivity index (χ3n) is 5.16. The first-order valence-electron chi connectivity index (χ1n) is 8.75. The second-order valence-electron chi connectivity index (χ2n) is 6.69. The fraction of sp³-hybridized carbons (Fsp3) is 0.611. The number of benzene rings is 1. The minimum atomic E-state index is -0.350. The first kappa shape index (κ1) is 17.2. The SMILES string of the molecule is C[C@H]1CCCN(C(=O)c2ccc(N3CCOCC3)c(F)c2)[C@H]1CN. The molecular weight excluding hydrogens is 309 g/mol. The van der Waals surface area contributed by atoms with Gasteiger partial charge in [-0.05, 0) is 37.0 Å². The number of carbonyl (C=O) groups is 1. The van der Waals surface area contributed by atoms with Crippen LogP contribution in [-0.4, -0.2) is 56.2 Å². The maximum Gasteiger partial charge on any atom is 0.254 e. The Morgan fingerprint density at radius 1 is 1.33 bits per heavy atom. The Morgan fingerprint density at radius 3 is 2.75 bits per heavy atom. The zero-order valence-corrected chi connectivity index (χ0v) is 14.2. The number of likely N-dealkylation sites (tertiary alicyclic amines) is 1. The minimum absolute atomic E-state index is 0.0354. The summed E-state index contributed by atoms with van der Waals surface area (Å²) in [6.07, 6.45) is 2.05. The van der Waals surface area contributed by atoms with Gasteiger partial charge in [0.05, 0.1) is 18.9 Å². The van der Waals surface area contributed by atoms with Gasteiger partial charge >= 0.3 is 0 Å². The van der Waals surface area contributed by atoms with Crippen molar-refractivity contribution < 1.29 is 13.9 Å². The van der Waals surface area contributed by atoms with Gasteiger partial charge in [0.1, 0.15) is 5.82 Å². The molecule has 132 valence electrons. The van der Waals surface area contributed by atoms with E-state index in [0.717, 1.165) is 12.8 Å². The number of amides is 1. The van der Waals surface area contributed by atoms with Crippen LogP contribution in [0.5, 0.6) is 0 Å². The van der Waals surface area contributed by atoms with E-state index in [4.69, 9.17) is 10.5 Å². The fourth-order valence-electron chi connectivity index (χ4n) is 3.73. The summed E-state index contributed by atoms with van der Waals surface area (Å²) in [5.41, 5.74) is 6.80. The van der Waals surface area contributed by atoms with E-state index in [0.29, 0.717) is 56.6 Å². The van der Waals surface area contributed by atoms with Crippen molar-refractivity contribution in [2.45, 2.75) is 25.8 Å². The molecule has 2 fully saturated rings. The van der Waals surface area contributed by atoms with Crippen molar-refractivity contribution >= 4 is 11.6 Å². The van der Waals surface area contributed by atoms with Gasteiger partial charge in [-0.15, -0.1) is 0 Å². The highest BCUT2D eigenvalue weighted by atomic mass is 19.1. The second kappa shape index (κ2) is 7.49. The molecule has 1 amide bonds. The molecule has 0 aliphatic carbocycles. The van der Waals surface area contributed by atoms with Crippen LogP contribution in [0, 0.1) is 11.7 Å². The Kier molecular flexibility index (Phi) is 5.36.